The first-order valence-corrected chi connectivity index (χ1v) is 5.66. The number of aryl methyl sites for hydroxylation is 1. The Labute approximate surface area is 110 Å². The maximum Gasteiger partial charge on any atom is 0.333 e. The second-order valence-electron chi connectivity index (χ2n) is 4.30. The van der Waals surface area contributed by atoms with Crippen molar-refractivity contribution < 1.29 is 14.4 Å². The molecule has 4 amide bonds. The van der Waals surface area contributed by atoms with E-state index < -0.39 is 17.8 Å². The molecule has 0 saturated carbocycles. The largest absolute Gasteiger partial charge is 0.333 e. The van der Waals surface area contributed by atoms with Crippen molar-refractivity contribution in [2.24, 2.45) is 0 Å². The van der Waals surface area contributed by atoms with Crippen LogP contribution in [0.3, 0.4) is 0 Å². The van der Waals surface area contributed by atoms with E-state index in [4.69, 9.17) is 0 Å². The molecule has 1 saturated heterocycles. The summed E-state index contributed by atoms with van der Waals surface area (Å²) >= 11 is 0. The number of carbonyl (C=O) groups excluding carboxylic acids is 3. The summed E-state index contributed by atoms with van der Waals surface area (Å²) in [4.78, 5) is 41.3. The lowest BCUT2D eigenvalue weighted by molar-refractivity contribution is -0.134. The molecule has 1 fully saturated rings. The van der Waals surface area contributed by atoms with Crippen molar-refractivity contribution in [3.63, 3.8) is 0 Å². The number of hydrogen-bond acceptors (Lipinski definition) is 4. The van der Waals surface area contributed by atoms with Crippen molar-refractivity contribution in [1.29, 1.82) is 0 Å². The predicted octanol–water partition coefficient (Wildman–Crippen LogP) is 0.824. The molecule has 2 rings (SSSR count). The van der Waals surface area contributed by atoms with Gasteiger partial charge in [-0.3, -0.25) is 24.4 Å². The van der Waals surface area contributed by atoms with Gasteiger partial charge in [0.15, 0.2) is 0 Å². The molecule has 0 aromatic carbocycles. The van der Waals surface area contributed by atoms with Crippen LogP contribution in [0.5, 0.6) is 0 Å². The summed E-state index contributed by atoms with van der Waals surface area (Å²) in [6, 6.07) is 2.91. The molecule has 0 unspecified atom stereocenters. The van der Waals surface area contributed by atoms with Crippen LogP contribution < -0.4 is 0 Å². The van der Waals surface area contributed by atoms with Gasteiger partial charge in [-0.25, -0.2) is 4.79 Å². The molecule has 0 N–H and O–H groups in total. The summed E-state index contributed by atoms with van der Waals surface area (Å²) in [6.45, 7) is 1.84. The molecule has 2 heterocycles. The first kappa shape index (κ1) is 12.9. The Bertz CT molecular complexity index is 564. The van der Waals surface area contributed by atoms with Gasteiger partial charge in [-0.05, 0) is 24.6 Å². The van der Waals surface area contributed by atoms with Gasteiger partial charge >= 0.3 is 6.03 Å². The highest BCUT2D eigenvalue weighted by Crippen LogP contribution is 2.17. The number of hydrogen-bond donors (Lipinski definition) is 0. The van der Waals surface area contributed by atoms with Crippen LogP contribution in [-0.2, 0) is 9.59 Å². The normalized spacial score (nSPS) is 16.2. The lowest BCUT2D eigenvalue weighted by Crippen LogP contribution is -2.52. The molecule has 6 heteroatoms. The smallest absolute Gasteiger partial charge is 0.268 e. The van der Waals surface area contributed by atoms with Crippen molar-refractivity contribution in [2.45, 2.75) is 6.92 Å². The summed E-state index contributed by atoms with van der Waals surface area (Å²) in [5.74, 6) is -1.21. The third kappa shape index (κ3) is 2.24. The quantitative estimate of drug-likeness (QED) is 0.553. The van der Waals surface area contributed by atoms with Gasteiger partial charge in [-0.1, -0.05) is 6.07 Å². The van der Waals surface area contributed by atoms with Crippen molar-refractivity contribution in [3.05, 3.63) is 35.2 Å². The average molecular weight is 259 g/mol. The van der Waals surface area contributed by atoms with Gasteiger partial charge in [0.25, 0.3) is 11.8 Å². The highest BCUT2D eigenvalue weighted by molar-refractivity contribution is 6.30. The SMILES string of the molecule is Cc1ccc(C=C2C(=O)N(C)C(=O)N(C)C2=O)cn1. The van der Waals surface area contributed by atoms with E-state index in [1.165, 1.54) is 20.2 Å². The maximum atomic E-state index is 11.9. The fourth-order valence-corrected chi connectivity index (χ4v) is 1.71. The van der Waals surface area contributed by atoms with E-state index in [9.17, 15) is 14.4 Å². The van der Waals surface area contributed by atoms with Gasteiger partial charge < -0.3 is 0 Å². The zero-order valence-electron chi connectivity index (χ0n) is 10.9. The first-order valence-electron chi connectivity index (χ1n) is 5.66. The van der Waals surface area contributed by atoms with Crippen molar-refractivity contribution in [3.8, 4) is 0 Å². The lowest BCUT2D eigenvalue weighted by Gasteiger charge is -2.28. The van der Waals surface area contributed by atoms with E-state index in [0.717, 1.165) is 15.5 Å². The molecule has 1 aliphatic heterocycles. The van der Waals surface area contributed by atoms with Gasteiger partial charge in [0.1, 0.15) is 5.57 Å². The highest BCUT2D eigenvalue weighted by atomic mass is 16.2. The fourth-order valence-electron chi connectivity index (χ4n) is 1.71. The standard InChI is InChI=1S/C13H13N3O3/c1-8-4-5-9(7-14-8)6-10-11(17)15(2)13(19)16(3)12(10)18/h4-7H,1-3H3. The molecule has 0 bridgehead atoms. The minimum absolute atomic E-state index is 0.0461. The topological polar surface area (TPSA) is 70.6 Å². The van der Waals surface area contributed by atoms with E-state index in [-0.39, 0.29) is 5.57 Å². The van der Waals surface area contributed by atoms with Gasteiger partial charge in [-0.15, -0.1) is 0 Å². The number of pyridine rings is 1. The Kier molecular flexibility index (Phi) is 3.16. The molecule has 1 aromatic heterocycles. The van der Waals surface area contributed by atoms with Crippen LogP contribution in [0.2, 0.25) is 0 Å². The van der Waals surface area contributed by atoms with Gasteiger partial charge in [0, 0.05) is 26.0 Å². The summed E-state index contributed by atoms with van der Waals surface area (Å²) in [7, 11) is 2.68. The number of amides is 4. The molecule has 98 valence electrons. The van der Waals surface area contributed by atoms with Crippen molar-refractivity contribution >= 4 is 23.9 Å². The number of aromatic nitrogens is 1. The molecule has 0 atom stereocenters. The third-order valence-electron chi connectivity index (χ3n) is 2.89. The number of nitrogens with zero attached hydrogens (tertiary/aromatic N) is 3. The summed E-state index contributed by atoms with van der Waals surface area (Å²) in [5, 5.41) is 0. The predicted molar refractivity (Wildman–Crippen MR) is 67.9 cm³/mol. The van der Waals surface area contributed by atoms with Crippen LogP contribution in [0.4, 0.5) is 4.79 Å². The highest BCUT2D eigenvalue weighted by Gasteiger charge is 2.37. The summed E-state index contributed by atoms with van der Waals surface area (Å²) in [5.41, 5.74) is 1.43. The molecule has 1 aromatic rings. The van der Waals surface area contributed by atoms with Crippen molar-refractivity contribution in [2.75, 3.05) is 14.1 Å². The molecule has 0 radical (unpaired) electrons. The zero-order chi connectivity index (χ0) is 14.2. The molecular weight excluding hydrogens is 246 g/mol. The Morgan fingerprint density at radius 3 is 2.11 bits per heavy atom. The zero-order valence-corrected chi connectivity index (χ0v) is 10.9. The molecule has 19 heavy (non-hydrogen) atoms. The monoisotopic (exact) mass is 259 g/mol. The van der Waals surface area contributed by atoms with E-state index >= 15 is 0 Å². The first-order chi connectivity index (χ1) is 8.91. The minimum Gasteiger partial charge on any atom is -0.268 e. The van der Waals surface area contributed by atoms with Gasteiger partial charge in [0.05, 0.1) is 0 Å². The van der Waals surface area contributed by atoms with E-state index in [2.05, 4.69) is 4.98 Å². The number of carbonyl (C=O) groups is 3. The van der Waals surface area contributed by atoms with E-state index in [1.807, 2.05) is 6.92 Å². The molecular formula is C13H13N3O3. The van der Waals surface area contributed by atoms with Gasteiger partial charge in [0.2, 0.25) is 0 Å². The lowest BCUT2D eigenvalue weighted by atomic mass is 10.1. The fraction of sp³-hybridized carbons (Fsp3) is 0.231. The molecule has 0 spiro atoms. The maximum absolute atomic E-state index is 11.9. The second kappa shape index (κ2) is 4.64. The Morgan fingerprint density at radius 2 is 1.63 bits per heavy atom. The van der Waals surface area contributed by atoms with Crippen molar-refractivity contribution in [1.82, 2.24) is 14.8 Å². The third-order valence-corrected chi connectivity index (χ3v) is 2.89. The van der Waals surface area contributed by atoms with Gasteiger partial charge in [-0.2, -0.15) is 0 Å². The Hall–Kier alpha value is -2.50. The van der Waals surface area contributed by atoms with Crippen LogP contribution in [0.1, 0.15) is 11.3 Å². The average Bonchev–Trinajstić information content (AvgIpc) is 2.41. The summed E-state index contributed by atoms with van der Waals surface area (Å²) in [6.07, 6.45) is 3.01. The Morgan fingerprint density at radius 1 is 1.05 bits per heavy atom. The van der Waals surface area contributed by atoms with Crippen LogP contribution in [0, 0.1) is 6.92 Å². The molecule has 0 aliphatic carbocycles. The summed E-state index contributed by atoms with van der Waals surface area (Å²) < 4.78 is 0. The van der Waals surface area contributed by atoms with Crippen LogP contribution >= 0.6 is 0 Å². The number of urea groups is 1. The van der Waals surface area contributed by atoms with E-state index in [0.29, 0.717) is 5.56 Å². The van der Waals surface area contributed by atoms with E-state index in [1.54, 1.807) is 18.3 Å². The molecule has 1 aliphatic rings. The molecule has 6 nitrogen and oxygen atoms in total. The second-order valence-corrected chi connectivity index (χ2v) is 4.30. The number of rotatable bonds is 1. The number of likely N-dealkylation sites (N-methyl/N-ethyl adjacent to an activating group) is 2. The number of imide groups is 2. The van der Waals surface area contributed by atoms with Crippen LogP contribution in [-0.4, -0.2) is 46.7 Å². The number of barbiturate groups is 1. The Balaban J connectivity index is 2.42. The van der Waals surface area contributed by atoms with Crippen LogP contribution in [0.25, 0.3) is 6.08 Å². The van der Waals surface area contributed by atoms with Crippen LogP contribution in [0.15, 0.2) is 23.9 Å². The minimum atomic E-state index is -0.630.